The van der Waals surface area contributed by atoms with Crippen molar-refractivity contribution in [2.45, 2.75) is 13.3 Å². The van der Waals surface area contributed by atoms with Crippen LogP contribution in [0.5, 0.6) is 0 Å². The lowest BCUT2D eigenvalue weighted by Crippen LogP contribution is -2.50. The summed E-state index contributed by atoms with van der Waals surface area (Å²) in [6, 6.07) is 0. The van der Waals surface area contributed by atoms with E-state index in [1.165, 1.54) is 0 Å². The number of carbonyl (C=O) groups is 2. The van der Waals surface area contributed by atoms with Crippen molar-refractivity contribution in [2.24, 2.45) is 5.41 Å². The van der Waals surface area contributed by atoms with Crippen LogP contribution in [0.15, 0.2) is 0 Å². The highest BCUT2D eigenvalue weighted by Crippen LogP contribution is 2.26. The molecular weight excluding hydrogens is 188 g/mol. The highest BCUT2D eigenvalue weighted by atomic mass is 16.5. The van der Waals surface area contributed by atoms with Crippen LogP contribution in [0.2, 0.25) is 0 Å². The Bertz CT molecular complexity index is 237. The van der Waals surface area contributed by atoms with Crippen molar-refractivity contribution in [1.29, 1.82) is 0 Å². The molecule has 1 heterocycles. The van der Waals surface area contributed by atoms with Crippen molar-refractivity contribution < 1.29 is 24.2 Å². The Morgan fingerprint density at radius 2 is 2.43 bits per heavy atom. The van der Waals surface area contributed by atoms with Gasteiger partial charge in [-0.1, -0.05) is 0 Å². The Morgan fingerprint density at radius 1 is 1.71 bits per heavy atom. The predicted octanol–water partition coefficient (Wildman–Crippen LogP) is 0.0833. The minimum absolute atomic E-state index is 0.0822. The maximum atomic E-state index is 11.5. The van der Waals surface area contributed by atoms with Crippen LogP contribution in [-0.4, -0.2) is 43.3 Å². The Labute approximate surface area is 82.0 Å². The third kappa shape index (κ3) is 1.93. The number of carbonyl (C=O) groups excluding carboxylic acids is 1. The van der Waals surface area contributed by atoms with Crippen LogP contribution in [0.1, 0.15) is 13.3 Å². The van der Waals surface area contributed by atoms with E-state index in [9.17, 15) is 9.59 Å². The first kappa shape index (κ1) is 11.1. The SMILES string of the molecule is CCOCC1(C(=O)O)COCCC1=O. The number of ether oxygens (including phenoxy) is 2. The maximum absolute atomic E-state index is 11.5. The van der Waals surface area contributed by atoms with Crippen molar-refractivity contribution in [3.8, 4) is 0 Å². The summed E-state index contributed by atoms with van der Waals surface area (Å²) < 4.78 is 10.1. The molecule has 0 bridgehead atoms. The minimum Gasteiger partial charge on any atom is -0.480 e. The number of aliphatic carboxylic acids is 1. The average Bonchev–Trinajstić information content (AvgIpc) is 2.16. The lowest BCUT2D eigenvalue weighted by molar-refractivity contribution is -0.169. The zero-order chi connectivity index (χ0) is 10.6. The molecule has 0 aromatic carbocycles. The first-order valence-corrected chi connectivity index (χ1v) is 4.55. The molecule has 1 rings (SSSR count). The average molecular weight is 202 g/mol. The Morgan fingerprint density at radius 3 is 2.93 bits per heavy atom. The van der Waals surface area contributed by atoms with Crippen LogP contribution in [0.4, 0.5) is 0 Å². The molecule has 0 saturated carbocycles. The van der Waals surface area contributed by atoms with Crippen molar-refractivity contribution in [3.63, 3.8) is 0 Å². The molecule has 1 aliphatic heterocycles. The van der Waals surface area contributed by atoms with Gasteiger partial charge >= 0.3 is 5.97 Å². The summed E-state index contributed by atoms with van der Waals surface area (Å²) in [6.45, 7) is 2.27. The largest absolute Gasteiger partial charge is 0.480 e. The van der Waals surface area contributed by atoms with Crippen LogP contribution in [-0.2, 0) is 19.1 Å². The molecule has 5 heteroatoms. The van der Waals surface area contributed by atoms with E-state index >= 15 is 0 Å². The van der Waals surface area contributed by atoms with E-state index in [4.69, 9.17) is 14.6 Å². The molecule has 1 N–H and O–H groups in total. The first-order valence-electron chi connectivity index (χ1n) is 4.55. The fraction of sp³-hybridized carbons (Fsp3) is 0.778. The molecule has 0 radical (unpaired) electrons. The monoisotopic (exact) mass is 202 g/mol. The molecule has 1 fully saturated rings. The van der Waals surface area contributed by atoms with Gasteiger partial charge in [0.15, 0.2) is 11.2 Å². The van der Waals surface area contributed by atoms with Gasteiger partial charge in [0.05, 0.1) is 19.8 Å². The lowest BCUT2D eigenvalue weighted by Gasteiger charge is -2.30. The van der Waals surface area contributed by atoms with Crippen LogP contribution < -0.4 is 0 Å². The lowest BCUT2D eigenvalue weighted by atomic mass is 9.82. The van der Waals surface area contributed by atoms with Gasteiger partial charge in [-0.25, -0.2) is 0 Å². The van der Waals surface area contributed by atoms with Gasteiger partial charge in [-0.15, -0.1) is 0 Å². The zero-order valence-electron chi connectivity index (χ0n) is 8.12. The van der Waals surface area contributed by atoms with E-state index in [0.29, 0.717) is 13.2 Å². The van der Waals surface area contributed by atoms with Crippen molar-refractivity contribution in [3.05, 3.63) is 0 Å². The maximum Gasteiger partial charge on any atom is 0.322 e. The first-order chi connectivity index (χ1) is 6.63. The Kier molecular flexibility index (Phi) is 3.60. The molecule has 1 saturated heterocycles. The van der Waals surface area contributed by atoms with Crippen molar-refractivity contribution in [2.75, 3.05) is 26.4 Å². The minimum atomic E-state index is -1.48. The van der Waals surface area contributed by atoms with Crippen LogP contribution in [0.3, 0.4) is 0 Å². The number of ketones is 1. The predicted molar refractivity (Wildman–Crippen MR) is 47.0 cm³/mol. The van der Waals surface area contributed by atoms with Gasteiger partial charge in [0.25, 0.3) is 0 Å². The molecule has 14 heavy (non-hydrogen) atoms. The van der Waals surface area contributed by atoms with E-state index < -0.39 is 11.4 Å². The topological polar surface area (TPSA) is 72.8 Å². The summed E-state index contributed by atoms with van der Waals surface area (Å²) in [5, 5.41) is 9.00. The van der Waals surface area contributed by atoms with E-state index in [-0.39, 0.29) is 25.4 Å². The standard InChI is InChI=1S/C9H14O5/c1-2-13-5-9(8(11)12)6-14-4-3-7(9)10/h2-6H2,1H3,(H,11,12). The molecule has 0 spiro atoms. The summed E-state index contributed by atoms with van der Waals surface area (Å²) >= 11 is 0. The molecule has 0 aromatic heterocycles. The highest BCUT2D eigenvalue weighted by Gasteiger charge is 2.48. The fourth-order valence-corrected chi connectivity index (χ4v) is 1.37. The van der Waals surface area contributed by atoms with Gasteiger partial charge in [0, 0.05) is 13.0 Å². The summed E-state index contributed by atoms with van der Waals surface area (Å²) in [5.41, 5.74) is -1.48. The molecule has 5 nitrogen and oxygen atoms in total. The van der Waals surface area contributed by atoms with Crippen LogP contribution in [0.25, 0.3) is 0 Å². The van der Waals surface area contributed by atoms with Gasteiger partial charge in [-0.3, -0.25) is 9.59 Å². The van der Waals surface area contributed by atoms with Gasteiger partial charge in [-0.2, -0.15) is 0 Å². The smallest absolute Gasteiger partial charge is 0.322 e. The zero-order valence-corrected chi connectivity index (χ0v) is 8.12. The van der Waals surface area contributed by atoms with E-state index in [1.54, 1.807) is 6.92 Å². The summed E-state index contributed by atoms with van der Waals surface area (Å²) in [6.07, 6.45) is 0.152. The van der Waals surface area contributed by atoms with E-state index in [2.05, 4.69) is 0 Å². The third-order valence-corrected chi connectivity index (χ3v) is 2.32. The molecule has 0 amide bonds. The molecule has 1 aliphatic rings. The van der Waals surface area contributed by atoms with Crippen molar-refractivity contribution in [1.82, 2.24) is 0 Å². The van der Waals surface area contributed by atoms with E-state index in [1.807, 2.05) is 0 Å². The summed E-state index contributed by atoms with van der Waals surface area (Å²) in [4.78, 5) is 22.5. The van der Waals surface area contributed by atoms with Gasteiger partial charge in [-0.05, 0) is 6.92 Å². The van der Waals surface area contributed by atoms with Gasteiger partial charge in [0.1, 0.15) is 0 Å². The third-order valence-electron chi connectivity index (χ3n) is 2.32. The molecular formula is C9H14O5. The Balaban J connectivity index is 2.78. The normalized spacial score (nSPS) is 27.6. The fourth-order valence-electron chi connectivity index (χ4n) is 1.37. The van der Waals surface area contributed by atoms with Crippen LogP contribution in [0, 0.1) is 5.41 Å². The Hall–Kier alpha value is -0.940. The number of Topliss-reactive ketones (excluding diaryl/α,β-unsaturated/α-hetero) is 1. The summed E-state index contributed by atoms with van der Waals surface area (Å²) in [7, 11) is 0. The molecule has 1 unspecified atom stereocenters. The van der Waals surface area contributed by atoms with Gasteiger partial charge < -0.3 is 14.6 Å². The van der Waals surface area contributed by atoms with Crippen molar-refractivity contribution >= 4 is 11.8 Å². The summed E-state index contributed by atoms with van der Waals surface area (Å²) in [5.74, 6) is -1.46. The number of hydrogen-bond acceptors (Lipinski definition) is 4. The number of carboxylic acids is 1. The second kappa shape index (κ2) is 4.52. The second-order valence-corrected chi connectivity index (χ2v) is 3.25. The highest BCUT2D eigenvalue weighted by molar-refractivity contribution is 6.03. The molecule has 80 valence electrons. The molecule has 0 aliphatic carbocycles. The van der Waals surface area contributed by atoms with Crippen LogP contribution >= 0.6 is 0 Å². The second-order valence-electron chi connectivity index (χ2n) is 3.25. The van der Waals surface area contributed by atoms with E-state index in [0.717, 1.165) is 0 Å². The van der Waals surface area contributed by atoms with Gasteiger partial charge in [0.2, 0.25) is 0 Å². The quantitative estimate of drug-likeness (QED) is 0.654. The number of carboxylic acid groups (broad SMARTS) is 1. The number of hydrogen-bond donors (Lipinski definition) is 1. The number of rotatable bonds is 4. The molecule has 1 atom stereocenters. The molecule has 0 aromatic rings.